The maximum absolute atomic E-state index is 11.5. The highest BCUT2D eigenvalue weighted by Crippen LogP contribution is 2.24. The number of rotatable bonds is 5. The van der Waals surface area contributed by atoms with Gasteiger partial charge in [-0.15, -0.1) is 0 Å². The van der Waals surface area contributed by atoms with Crippen LogP contribution in [0, 0.1) is 11.8 Å². The lowest BCUT2D eigenvalue weighted by molar-refractivity contribution is -0.00460. The van der Waals surface area contributed by atoms with Crippen LogP contribution in [0.4, 0.5) is 4.79 Å². The van der Waals surface area contributed by atoms with Gasteiger partial charge in [0.05, 0.1) is 7.11 Å². The lowest BCUT2D eigenvalue weighted by Crippen LogP contribution is -2.33. The highest BCUT2D eigenvalue weighted by molar-refractivity contribution is 5.61. The lowest BCUT2D eigenvalue weighted by Gasteiger charge is -2.27. The van der Waals surface area contributed by atoms with Crippen molar-refractivity contribution in [3.05, 3.63) is 35.9 Å². The van der Waals surface area contributed by atoms with Gasteiger partial charge in [0.2, 0.25) is 0 Å². The molecule has 0 N–H and O–H groups in total. The minimum absolute atomic E-state index is 0.672. The number of hydrogen-bond acceptors (Lipinski definition) is 3. The van der Waals surface area contributed by atoms with Gasteiger partial charge in [-0.3, -0.25) is 0 Å². The standard InChI is InChI=1S/C17H22O3/c1-4-12-17(13-5-2,20-16(18)19-3)14-11-15-9-7-6-8-10-15/h6-10H,4-5,12-13H2,1-3H3. The molecule has 0 aromatic heterocycles. The topological polar surface area (TPSA) is 35.5 Å². The third-order valence-electron chi connectivity index (χ3n) is 2.96. The summed E-state index contributed by atoms with van der Waals surface area (Å²) in [6.45, 7) is 4.10. The van der Waals surface area contributed by atoms with Crippen molar-refractivity contribution in [2.45, 2.75) is 45.1 Å². The highest BCUT2D eigenvalue weighted by Gasteiger charge is 2.31. The first kappa shape index (κ1) is 16.1. The second-order valence-electron chi connectivity index (χ2n) is 4.67. The van der Waals surface area contributed by atoms with Gasteiger partial charge in [0.1, 0.15) is 0 Å². The molecule has 0 aliphatic rings. The molecule has 3 heteroatoms. The predicted octanol–water partition coefficient (Wildman–Crippen LogP) is 4.16. The molecule has 1 rings (SSSR count). The van der Waals surface area contributed by atoms with Crippen LogP contribution in [-0.2, 0) is 9.47 Å². The van der Waals surface area contributed by atoms with E-state index in [2.05, 4.69) is 30.4 Å². The van der Waals surface area contributed by atoms with Gasteiger partial charge in [-0.2, -0.15) is 0 Å². The first-order valence-electron chi connectivity index (χ1n) is 7.01. The summed E-state index contributed by atoms with van der Waals surface area (Å²) in [6, 6.07) is 9.70. The Hall–Kier alpha value is -1.95. The molecule has 0 saturated heterocycles. The fraction of sp³-hybridized carbons (Fsp3) is 0.471. The molecular formula is C17H22O3. The SMILES string of the molecule is CCCC(C#Cc1ccccc1)(CCC)OC(=O)OC. The van der Waals surface area contributed by atoms with E-state index in [1.54, 1.807) is 0 Å². The van der Waals surface area contributed by atoms with Crippen LogP contribution in [0.1, 0.15) is 45.1 Å². The summed E-state index contributed by atoms with van der Waals surface area (Å²) in [7, 11) is 1.32. The van der Waals surface area contributed by atoms with Crippen molar-refractivity contribution in [1.82, 2.24) is 0 Å². The summed E-state index contributed by atoms with van der Waals surface area (Å²) in [5.41, 5.74) is 0.157. The van der Waals surface area contributed by atoms with Crippen molar-refractivity contribution in [1.29, 1.82) is 0 Å². The van der Waals surface area contributed by atoms with Gasteiger partial charge in [-0.05, 0) is 30.9 Å². The van der Waals surface area contributed by atoms with Gasteiger partial charge in [-0.1, -0.05) is 50.8 Å². The Bertz CT molecular complexity index is 462. The fourth-order valence-corrected chi connectivity index (χ4v) is 2.09. The normalized spacial score (nSPS) is 10.3. The molecule has 0 unspecified atom stereocenters. The predicted molar refractivity (Wildman–Crippen MR) is 79.4 cm³/mol. The summed E-state index contributed by atoms with van der Waals surface area (Å²) in [5.74, 6) is 6.25. The zero-order chi connectivity index (χ0) is 14.8. The van der Waals surface area contributed by atoms with E-state index in [0.717, 1.165) is 18.4 Å². The maximum Gasteiger partial charge on any atom is 0.509 e. The number of carbonyl (C=O) groups is 1. The molecule has 1 aromatic rings. The molecule has 0 saturated carbocycles. The van der Waals surface area contributed by atoms with Gasteiger partial charge in [0.15, 0.2) is 5.60 Å². The Labute approximate surface area is 121 Å². The molecule has 20 heavy (non-hydrogen) atoms. The molecule has 1 aromatic carbocycles. The Morgan fingerprint density at radius 1 is 1.15 bits per heavy atom. The minimum Gasteiger partial charge on any atom is -0.438 e. The van der Waals surface area contributed by atoms with E-state index in [1.807, 2.05) is 30.3 Å². The van der Waals surface area contributed by atoms with Crippen LogP contribution < -0.4 is 0 Å². The van der Waals surface area contributed by atoms with Crippen LogP contribution in [0.15, 0.2) is 30.3 Å². The Balaban J connectivity index is 3.02. The van der Waals surface area contributed by atoms with Crippen LogP contribution in [0.25, 0.3) is 0 Å². The Morgan fingerprint density at radius 3 is 2.25 bits per heavy atom. The molecule has 0 spiro atoms. The van der Waals surface area contributed by atoms with Gasteiger partial charge >= 0.3 is 6.16 Å². The second-order valence-corrected chi connectivity index (χ2v) is 4.67. The van der Waals surface area contributed by atoms with E-state index >= 15 is 0 Å². The molecule has 0 atom stereocenters. The van der Waals surface area contributed by atoms with Crippen molar-refractivity contribution in [3.63, 3.8) is 0 Å². The van der Waals surface area contributed by atoms with E-state index < -0.39 is 11.8 Å². The molecule has 0 bridgehead atoms. The van der Waals surface area contributed by atoms with Crippen molar-refractivity contribution in [3.8, 4) is 11.8 Å². The Morgan fingerprint density at radius 2 is 1.75 bits per heavy atom. The maximum atomic E-state index is 11.5. The lowest BCUT2D eigenvalue weighted by atomic mass is 9.92. The van der Waals surface area contributed by atoms with Crippen molar-refractivity contribution >= 4 is 6.16 Å². The van der Waals surface area contributed by atoms with E-state index in [4.69, 9.17) is 4.74 Å². The summed E-state index contributed by atoms with van der Waals surface area (Å²) in [4.78, 5) is 11.5. The summed E-state index contributed by atoms with van der Waals surface area (Å²) in [5, 5.41) is 0. The van der Waals surface area contributed by atoms with Crippen molar-refractivity contribution in [2.75, 3.05) is 7.11 Å². The number of ether oxygens (including phenoxy) is 2. The molecule has 0 amide bonds. The highest BCUT2D eigenvalue weighted by atomic mass is 16.7. The van der Waals surface area contributed by atoms with E-state index in [0.29, 0.717) is 12.8 Å². The van der Waals surface area contributed by atoms with Crippen LogP contribution >= 0.6 is 0 Å². The molecular weight excluding hydrogens is 252 g/mol. The monoisotopic (exact) mass is 274 g/mol. The fourth-order valence-electron chi connectivity index (χ4n) is 2.09. The molecule has 0 aliphatic heterocycles. The van der Waals surface area contributed by atoms with E-state index in [1.165, 1.54) is 7.11 Å². The van der Waals surface area contributed by atoms with Crippen molar-refractivity contribution < 1.29 is 14.3 Å². The van der Waals surface area contributed by atoms with E-state index in [9.17, 15) is 4.79 Å². The molecule has 108 valence electrons. The largest absolute Gasteiger partial charge is 0.509 e. The number of benzene rings is 1. The molecule has 0 heterocycles. The van der Waals surface area contributed by atoms with Crippen LogP contribution in [-0.4, -0.2) is 18.9 Å². The number of hydrogen-bond donors (Lipinski definition) is 0. The average molecular weight is 274 g/mol. The van der Waals surface area contributed by atoms with Crippen molar-refractivity contribution in [2.24, 2.45) is 0 Å². The molecule has 0 radical (unpaired) electrons. The summed E-state index contributed by atoms with van der Waals surface area (Å²) >= 11 is 0. The third kappa shape index (κ3) is 4.97. The Kier molecular flexibility index (Phi) is 6.66. The first-order valence-corrected chi connectivity index (χ1v) is 7.01. The minimum atomic E-state index is -0.758. The zero-order valence-electron chi connectivity index (χ0n) is 12.4. The number of methoxy groups -OCH3 is 1. The molecule has 3 nitrogen and oxygen atoms in total. The summed E-state index contributed by atoms with van der Waals surface area (Å²) in [6.07, 6.45) is 2.51. The zero-order valence-corrected chi connectivity index (χ0v) is 12.4. The molecule has 0 aliphatic carbocycles. The summed E-state index contributed by atoms with van der Waals surface area (Å²) < 4.78 is 10.1. The molecule has 0 fully saturated rings. The van der Waals surface area contributed by atoms with Gasteiger partial charge in [0, 0.05) is 5.56 Å². The van der Waals surface area contributed by atoms with Crippen LogP contribution in [0.2, 0.25) is 0 Å². The quantitative estimate of drug-likeness (QED) is 0.597. The van der Waals surface area contributed by atoms with Crippen LogP contribution in [0.5, 0.6) is 0 Å². The smallest absolute Gasteiger partial charge is 0.438 e. The van der Waals surface area contributed by atoms with Gasteiger partial charge in [0.25, 0.3) is 0 Å². The van der Waals surface area contributed by atoms with Gasteiger partial charge in [-0.25, -0.2) is 4.79 Å². The van der Waals surface area contributed by atoms with E-state index in [-0.39, 0.29) is 0 Å². The average Bonchev–Trinajstić information content (AvgIpc) is 2.47. The third-order valence-corrected chi connectivity index (χ3v) is 2.96. The first-order chi connectivity index (χ1) is 9.65. The van der Waals surface area contributed by atoms with Gasteiger partial charge < -0.3 is 9.47 Å². The van der Waals surface area contributed by atoms with Crippen LogP contribution in [0.3, 0.4) is 0 Å². The number of carbonyl (C=O) groups excluding carboxylic acids is 1. The second kappa shape index (κ2) is 8.27.